The van der Waals surface area contributed by atoms with Gasteiger partial charge in [-0.1, -0.05) is 19.9 Å². The lowest BCUT2D eigenvalue weighted by atomic mass is 10.0. The van der Waals surface area contributed by atoms with E-state index in [9.17, 15) is 23.2 Å². The monoisotopic (exact) mass is 378 g/mol. The second-order valence-corrected chi connectivity index (χ2v) is 6.24. The molecule has 27 heavy (non-hydrogen) atoms. The van der Waals surface area contributed by atoms with Crippen LogP contribution in [0.1, 0.15) is 34.7 Å². The molecule has 3 N–H and O–H groups in total. The number of carbonyl (C=O) groups is 3. The molecule has 1 unspecified atom stereocenters. The molecule has 2 aromatic rings. The Balaban J connectivity index is 2.06. The molecule has 0 aliphatic carbocycles. The van der Waals surface area contributed by atoms with E-state index in [0.717, 1.165) is 18.2 Å². The first-order valence-electron chi connectivity index (χ1n) is 8.18. The summed E-state index contributed by atoms with van der Waals surface area (Å²) in [6.45, 7) is 3.28. The van der Waals surface area contributed by atoms with E-state index in [2.05, 4.69) is 16.2 Å². The molecule has 7 nitrogen and oxygen atoms in total. The highest BCUT2D eigenvalue weighted by molar-refractivity contribution is 5.99. The lowest BCUT2D eigenvalue weighted by Gasteiger charge is -2.22. The number of aryl methyl sites for hydroxylation is 1. The summed E-state index contributed by atoms with van der Waals surface area (Å²) in [5.41, 5.74) is 3.99. The zero-order chi connectivity index (χ0) is 20.1. The normalized spacial score (nSPS) is 11.8. The maximum absolute atomic E-state index is 13.7. The van der Waals surface area contributed by atoms with Gasteiger partial charge in [-0.2, -0.15) is 0 Å². The molecule has 0 saturated heterocycles. The van der Waals surface area contributed by atoms with Crippen molar-refractivity contribution in [3.8, 4) is 0 Å². The number of hydrogen-bond acceptors (Lipinski definition) is 3. The molecule has 144 valence electrons. The SMILES string of the molecule is CC(C)C(NC(=O)c1c(F)cccc1F)C(=O)NNC(=O)c1cccn1C. The Labute approximate surface area is 154 Å². The first kappa shape index (κ1) is 20.1. The maximum atomic E-state index is 13.7. The number of benzene rings is 1. The minimum absolute atomic E-state index is 0.314. The summed E-state index contributed by atoms with van der Waals surface area (Å²) >= 11 is 0. The topological polar surface area (TPSA) is 92.2 Å². The zero-order valence-electron chi connectivity index (χ0n) is 15.0. The van der Waals surface area contributed by atoms with E-state index < -0.39 is 46.9 Å². The third-order valence-electron chi connectivity index (χ3n) is 3.90. The maximum Gasteiger partial charge on any atom is 0.286 e. The molecule has 0 fully saturated rings. The van der Waals surface area contributed by atoms with Gasteiger partial charge in [0.05, 0.1) is 0 Å². The molecule has 0 radical (unpaired) electrons. The Morgan fingerprint density at radius 2 is 1.59 bits per heavy atom. The van der Waals surface area contributed by atoms with Gasteiger partial charge >= 0.3 is 0 Å². The van der Waals surface area contributed by atoms with Crippen LogP contribution in [0.5, 0.6) is 0 Å². The average molecular weight is 378 g/mol. The summed E-state index contributed by atoms with van der Waals surface area (Å²) in [5, 5.41) is 2.30. The average Bonchev–Trinajstić information content (AvgIpc) is 3.03. The first-order valence-corrected chi connectivity index (χ1v) is 8.18. The van der Waals surface area contributed by atoms with Gasteiger partial charge in [0.25, 0.3) is 17.7 Å². The van der Waals surface area contributed by atoms with Crippen molar-refractivity contribution in [2.45, 2.75) is 19.9 Å². The van der Waals surface area contributed by atoms with E-state index in [1.54, 1.807) is 43.8 Å². The molecule has 0 aliphatic rings. The number of hydrogen-bond donors (Lipinski definition) is 3. The Bertz CT molecular complexity index is 844. The van der Waals surface area contributed by atoms with E-state index in [1.165, 1.54) is 0 Å². The van der Waals surface area contributed by atoms with Gasteiger partial charge in [0.2, 0.25) is 0 Å². The number of aromatic nitrogens is 1. The number of nitrogens with zero attached hydrogens (tertiary/aromatic N) is 1. The molecule has 9 heteroatoms. The summed E-state index contributed by atoms with van der Waals surface area (Å²) in [6, 6.07) is 5.13. The van der Waals surface area contributed by atoms with Gasteiger partial charge in [-0.05, 0) is 30.2 Å². The lowest BCUT2D eigenvalue weighted by molar-refractivity contribution is -0.124. The van der Waals surface area contributed by atoms with E-state index in [1.807, 2.05) is 0 Å². The van der Waals surface area contributed by atoms with Crippen LogP contribution < -0.4 is 16.2 Å². The zero-order valence-corrected chi connectivity index (χ0v) is 15.0. The molecular weight excluding hydrogens is 358 g/mol. The highest BCUT2D eigenvalue weighted by Crippen LogP contribution is 2.13. The molecule has 1 aromatic carbocycles. The van der Waals surface area contributed by atoms with Crippen molar-refractivity contribution in [1.82, 2.24) is 20.7 Å². The van der Waals surface area contributed by atoms with Gasteiger partial charge in [-0.15, -0.1) is 0 Å². The summed E-state index contributed by atoms with van der Waals surface area (Å²) in [6.07, 6.45) is 1.66. The smallest absolute Gasteiger partial charge is 0.286 e. The van der Waals surface area contributed by atoms with Gasteiger partial charge in [-0.25, -0.2) is 8.78 Å². The van der Waals surface area contributed by atoms with Gasteiger partial charge in [0.1, 0.15) is 28.9 Å². The molecule has 1 heterocycles. The molecule has 0 saturated carbocycles. The van der Waals surface area contributed by atoms with Crippen molar-refractivity contribution in [3.05, 3.63) is 59.4 Å². The van der Waals surface area contributed by atoms with Crippen LogP contribution in [0.25, 0.3) is 0 Å². The van der Waals surface area contributed by atoms with Crippen LogP contribution in [0.3, 0.4) is 0 Å². The number of nitrogens with one attached hydrogen (secondary N) is 3. The number of amides is 3. The fourth-order valence-electron chi connectivity index (χ4n) is 2.42. The summed E-state index contributed by atoms with van der Waals surface area (Å²) in [7, 11) is 1.66. The Morgan fingerprint density at radius 3 is 2.11 bits per heavy atom. The third-order valence-corrected chi connectivity index (χ3v) is 3.90. The number of carbonyl (C=O) groups excluding carboxylic acids is 3. The van der Waals surface area contributed by atoms with Crippen LogP contribution in [0, 0.1) is 17.6 Å². The van der Waals surface area contributed by atoms with E-state index >= 15 is 0 Å². The summed E-state index contributed by atoms with van der Waals surface area (Å²) in [5.74, 6) is -4.81. The Hall–Kier alpha value is -3.23. The molecule has 2 rings (SSSR count). The van der Waals surface area contributed by atoms with Crippen molar-refractivity contribution in [1.29, 1.82) is 0 Å². The molecule has 3 amide bonds. The standard InChI is InChI=1S/C18H20F2N4O3/c1-10(2)15(21-17(26)14-11(19)6-4-7-12(14)20)18(27)23-22-16(25)13-8-5-9-24(13)3/h4-10,15H,1-3H3,(H,21,26)(H,22,25)(H,23,27). The van der Waals surface area contributed by atoms with E-state index in [4.69, 9.17) is 0 Å². The van der Waals surface area contributed by atoms with Crippen molar-refractivity contribution in [3.63, 3.8) is 0 Å². The van der Waals surface area contributed by atoms with Crippen LogP contribution in [-0.2, 0) is 11.8 Å². The molecule has 1 aromatic heterocycles. The van der Waals surface area contributed by atoms with Crippen molar-refractivity contribution in [2.75, 3.05) is 0 Å². The van der Waals surface area contributed by atoms with Crippen molar-refractivity contribution in [2.24, 2.45) is 13.0 Å². The predicted octanol–water partition coefficient (Wildman–Crippen LogP) is 1.52. The molecular formula is C18H20F2N4O3. The van der Waals surface area contributed by atoms with Gasteiger partial charge in [0, 0.05) is 13.2 Å². The fourth-order valence-corrected chi connectivity index (χ4v) is 2.42. The second kappa shape index (κ2) is 8.43. The van der Waals surface area contributed by atoms with Crippen LogP contribution >= 0.6 is 0 Å². The summed E-state index contributed by atoms with van der Waals surface area (Å²) < 4.78 is 29.0. The Kier molecular flexibility index (Phi) is 6.27. The van der Waals surface area contributed by atoms with Crippen LogP contribution in [0.2, 0.25) is 0 Å². The largest absolute Gasteiger partial charge is 0.347 e. The van der Waals surface area contributed by atoms with Gasteiger partial charge in [0.15, 0.2) is 0 Å². The van der Waals surface area contributed by atoms with Crippen LogP contribution in [0.15, 0.2) is 36.5 Å². The molecule has 0 spiro atoms. The predicted molar refractivity (Wildman–Crippen MR) is 93.5 cm³/mol. The van der Waals surface area contributed by atoms with Gasteiger partial charge < -0.3 is 9.88 Å². The minimum Gasteiger partial charge on any atom is -0.347 e. The lowest BCUT2D eigenvalue weighted by Crippen LogP contribution is -2.54. The molecule has 0 bridgehead atoms. The first-order chi connectivity index (χ1) is 12.7. The molecule has 0 aliphatic heterocycles. The summed E-state index contributed by atoms with van der Waals surface area (Å²) in [4.78, 5) is 36.6. The van der Waals surface area contributed by atoms with Crippen molar-refractivity contribution < 1.29 is 23.2 Å². The van der Waals surface area contributed by atoms with Crippen molar-refractivity contribution >= 4 is 17.7 Å². The highest BCUT2D eigenvalue weighted by atomic mass is 19.1. The van der Waals surface area contributed by atoms with Crippen LogP contribution in [-0.4, -0.2) is 28.3 Å². The highest BCUT2D eigenvalue weighted by Gasteiger charge is 2.27. The number of halogens is 2. The van der Waals surface area contributed by atoms with Crippen LogP contribution in [0.4, 0.5) is 8.78 Å². The Morgan fingerprint density at radius 1 is 0.963 bits per heavy atom. The number of hydrazine groups is 1. The quantitative estimate of drug-likeness (QED) is 0.689. The fraction of sp³-hybridized carbons (Fsp3) is 0.278. The van der Waals surface area contributed by atoms with E-state index in [0.29, 0.717) is 5.69 Å². The third kappa shape index (κ3) is 4.69. The second-order valence-electron chi connectivity index (χ2n) is 6.24. The van der Waals surface area contributed by atoms with Gasteiger partial charge in [-0.3, -0.25) is 25.2 Å². The number of rotatable bonds is 5. The van der Waals surface area contributed by atoms with E-state index in [-0.39, 0.29) is 0 Å². The molecule has 1 atom stereocenters. The minimum atomic E-state index is -1.12.